The molecule has 1 saturated carbocycles. The molecule has 1 aromatic carbocycles. The predicted octanol–water partition coefficient (Wildman–Crippen LogP) is 1.16. The van der Waals surface area contributed by atoms with Crippen molar-refractivity contribution in [1.82, 2.24) is 0 Å². The topological polar surface area (TPSA) is 54.4 Å². The van der Waals surface area contributed by atoms with Crippen molar-refractivity contribution in [2.45, 2.75) is 29.8 Å². The van der Waals surface area contributed by atoms with Crippen LogP contribution in [0.2, 0.25) is 0 Å². The minimum Gasteiger partial charge on any atom is -0.390 e. The SMILES string of the molecule is CS(=O)(=O)c1cccc(CC2(O)CC2)c1. The van der Waals surface area contributed by atoms with Crippen LogP contribution in [0.25, 0.3) is 0 Å². The Bertz CT molecular complexity index is 472. The van der Waals surface area contributed by atoms with Crippen molar-refractivity contribution >= 4 is 9.84 Å². The van der Waals surface area contributed by atoms with E-state index in [1.54, 1.807) is 18.2 Å². The van der Waals surface area contributed by atoms with Crippen LogP contribution < -0.4 is 0 Å². The minimum atomic E-state index is -3.14. The summed E-state index contributed by atoms with van der Waals surface area (Å²) < 4.78 is 22.6. The summed E-state index contributed by atoms with van der Waals surface area (Å²) in [4.78, 5) is 0.323. The largest absolute Gasteiger partial charge is 0.390 e. The van der Waals surface area contributed by atoms with E-state index in [4.69, 9.17) is 0 Å². The Balaban J connectivity index is 2.27. The molecule has 0 bridgehead atoms. The Morgan fingerprint density at radius 3 is 2.60 bits per heavy atom. The molecule has 0 heterocycles. The molecule has 1 N–H and O–H groups in total. The average molecular weight is 226 g/mol. The van der Waals surface area contributed by atoms with E-state index in [1.807, 2.05) is 6.07 Å². The van der Waals surface area contributed by atoms with Gasteiger partial charge in [0.15, 0.2) is 9.84 Å². The minimum absolute atomic E-state index is 0.323. The van der Waals surface area contributed by atoms with Gasteiger partial charge in [0.2, 0.25) is 0 Å². The van der Waals surface area contributed by atoms with Gasteiger partial charge in [0, 0.05) is 12.7 Å². The molecule has 2 rings (SSSR count). The first kappa shape index (κ1) is 10.6. The number of sulfone groups is 1. The van der Waals surface area contributed by atoms with Gasteiger partial charge in [-0.1, -0.05) is 12.1 Å². The molecule has 0 radical (unpaired) electrons. The van der Waals surface area contributed by atoms with Gasteiger partial charge in [-0.2, -0.15) is 0 Å². The van der Waals surface area contributed by atoms with E-state index in [1.165, 1.54) is 6.26 Å². The molecule has 4 heteroatoms. The Kier molecular flexibility index (Phi) is 2.35. The van der Waals surface area contributed by atoms with Crippen LogP contribution in [0.5, 0.6) is 0 Å². The Morgan fingerprint density at radius 1 is 1.40 bits per heavy atom. The van der Waals surface area contributed by atoms with Crippen LogP contribution in [-0.2, 0) is 16.3 Å². The van der Waals surface area contributed by atoms with Gasteiger partial charge < -0.3 is 5.11 Å². The second-order valence-electron chi connectivity index (χ2n) is 4.32. The number of rotatable bonds is 3. The average Bonchev–Trinajstić information content (AvgIpc) is 2.82. The Labute approximate surface area is 89.7 Å². The van der Waals surface area contributed by atoms with E-state index in [0.717, 1.165) is 18.4 Å². The predicted molar refractivity (Wildman–Crippen MR) is 57.4 cm³/mol. The van der Waals surface area contributed by atoms with E-state index in [0.29, 0.717) is 11.3 Å². The summed E-state index contributed by atoms with van der Waals surface area (Å²) in [5, 5.41) is 9.73. The van der Waals surface area contributed by atoms with Crippen LogP contribution >= 0.6 is 0 Å². The Morgan fingerprint density at radius 2 is 2.07 bits per heavy atom. The molecule has 0 saturated heterocycles. The van der Waals surface area contributed by atoms with E-state index in [-0.39, 0.29) is 0 Å². The Hall–Kier alpha value is -0.870. The molecule has 0 aliphatic heterocycles. The normalized spacial score (nSPS) is 18.8. The maximum atomic E-state index is 11.3. The van der Waals surface area contributed by atoms with Gasteiger partial charge in [-0.05, 0) is 30.5 Å². The lowest BCUT2D eigenvalue weighted by atomic mass is 10.1. The van der Waals surface area contributed by atoms with Crippen molar-refractivity contribution in [1.29, 1.82) is 0 Å². The summed E-state index contributed by atoms with van der Waals surface area (Å²) >= 11 is 0. The highest BCUT2D eigenvalue weighted by Crippen LogP contribution is 2.38. The summed E-state index contributed by atoms with van der Waals surface area (Å²) in [6, 6.07) is 6.80. The summed E-state index contributed by atoms with van der Waals surface area (Å²) in [6.07, 6.45) is 3.38. The van der Waals surface area contributed by atoms with Crippen LogP contribution in [-0.4, -0.2) is 25.4 Å². The van der Waals surface area contributed by atoms with Crippen molar-refractivity contribution in [2.24, 2.45) is 0 Å². The van der Waals surface area contributed by atoms with Gasteiger partial charge in [0.05, 0.1) is 10.5 Å². The molecule has 0 spiro atoms. The van der Waals surface area contributed by atoms with Crippen molar-refractivity contribution in [3.05, 3.63) is 29.8 Å². The van der Waals surface area contributed by atoms with Gasteiger partial charge in [-0.25, -0.2) is 8.42 Å². The zero-order valence-corrected chi connectivity index (χ0v) is 9.42. The van der Waals surface area contributed by atoms with E-state index in [2.05, 4.69) is 0 Å². The lowest BCUT2D eigenvalue weighted by Gasteiger charge is -2.08. The standard InChI is InChI=1S/C11H14O3S/c1-15(13,14)10-4-2-3-9(7-10)8-11(12)5-6-11/h2-4,7,12H,5-6,8H2,1H3. The zero-order chi connectivity index (χ0) is 11.1. The maximum Gasteiger partial charge on any atom is 0.175 e. The highest BCUT2D eigenvalue weighted by Gasteiger charge is 2.40. The second-order valence-corrected chi connectivity index (χ2v) is 6.34. The molecule has 82 valence electrons. The summed E-state index contributed by atoms with van der Waals surface area (Å²) in [6.45, 7) is 0. The van der Waals surface area contributed by atoms with Crippen molar-refractivity contribution in [3.8, 4) is 0 Å². The molecule has 1 aliphatic rings. The fourth-order valence-electron chi connectivity index (χ4n) is 1.59. The number of hydrogen-bond donors (Lipinski definition) is 1. The number of aliphatic hydroxyl groups is 1. The van der Waals surface area contributed by atoms with Crippen molar-refractivity contribution in [3.63, 3.8) is 0 Å². The third-order valence-corrected chi connectivity index (χ3v) is 3.80. The van der Waals surface area contributed by atoms with Gasteiger partial charge >= 0.3 is 0 Å². The fourth-order valence-corrected chi connectivity index (χ4v) is 2.28. The lowest BCUT2D eigenvalue weighted by Crippen LogP contribution is -2.11. The van der Waals surface area contributed by atoms with Gasteiger partial charge in [-0.15, -0.1) is 0 Å². The fraction of sp³-hybridized carbons (Fsp3) is 0.455. The first-order chi connectivity index (χ1) is 6.89. The summed E-state index contributed by atoms with van der Waals surface area (Å²) in [5.74, 6) is 0. The van der Waals surface area contributed by atoms with Crippen molar-refractivity contribution in [2.75, 3.05) is 6.26 Å². The lowest BCUT2D eigenvalue weighted by molar-refractivity contribution is 0.151. The molecule has 1 aliphatic carbocycles. The van der Waals surface area contributed by atoms with Crippen LogP contribution in [0.3, 0.4) is 0 Å². The third-order valence-electron chi connectivity index (χ3n) is 2.69. The van der Waals surface area contributed by atoms with Gasteiger partial charge in [-0.3, -0.25) is 0 Å². The monoisotopic (exact) mass is 226 g/mol. The van der Waals surface area contributed by atoms with E-state index < -0.39 is 15.4 Å². The highest BCUT2D eigenvalue weighted by atomic mass is 32.2. The van der Waals surface area contributed by atoms with E-state index in [9.17, 15) is 13.5 Å². The second kappa shape index (κ2) is 3.32. The maximum absolute atomic E-state index is 11.3. The van der Waals surface area contributed by atoms with E-state index >= 15 is 0 Å². The quantitative estimate of drug-likeness (QED) is 0.841. The first-order valence-electron chi connectivity index (χ1n) is 4.90. The molecule has 1 aromatic rings. The molecular formula is C11H14O3S. The first-order valence-corrected chi connectivity index (χ1v) is 6.80. The summed E-state index contributed by atoms with van der Waals surface area (Å²) in [7, 11) is -3.14. The molecule has 0 aromatic heterocycles. The smallest absolute Gasteiger partial charge is 0.175 e. The van der Waals surface area contributed by atoms with Crippen LogP contribution in [0.4, 0.5) is 0 Å². The van der Waals surface area contributed by atoms with Crippen LogP contribution in [0.15, 0.2) is 29.2 Å². The number of benzene rings is 1. The molecule has 0 atom stereocenters. The van der Waals surface area contributed by atoms with Crippen LogP contribution in [0.1, 0.15) is 18.4 Å². The molecular weight excluding hydrogens is 212 g/mol. The highest BCUT2D eigenvalue weighted by molar-refractivity contribution is 7.90. The van der Waals surface area contributed by atoms with Crippen molar-refractivity contribution < 1.29 is 13.5 Å². The molecule has 0 amide bonds. The third kappa shape index (κ3) is 2.58. The molecule has 15 heavy (non-hydrogen) atoms. The zero-order valence-electron chi connectivity index (χ0n) is 8.60. The van der Waals surface area contributed by atoms with Gasteiger partial charge in [0.1, 0.15) is 0 Å². The van der Waals surface area contributed by atoms with Crippen LogP contribution in [0, 0.1) is 0 Å². The molecule has 1 fully saturated rings. The molecule has 0 unspecified atom stereocenters. The summed E-state index contributed by atoms with van der Waals surface area (Å²) in [5.41, 5.74) is 0.314. The van der Waals surface area contributed by atoms with Gasteiger partial charge in [0.25, 0.3) is 0 Å². The number of hydrogen-bond acceptors (Lipinski definition) is 3. The molecule has 3 nitrogen and oxygen atoms in total.